The van der Waals surface area contributed by atoms with Crippen LogP contribution in [0.1, 0.15) is 29.9 Å². The number of benzene rings is 2. The van der Waals surface area contributed by atoms with Gasteiger partial charge in [0.05, 0.1) is 22.4 Å². The molecule has 2 aliphatic carbocycles. The third-order valence-corrected chi connectivity index (χ3v) is 6.98. The number of hydrogen-bond acceptors (Lipinski definition) is 4. The summed E-state index contributed by atoms with van der Waals surface area (Å²) in [5.74, 6) is -2.03. The molecule has 2 aromatic rings. The number of fused-ring (bicyclic) bond motifs is 5. The zero-order valence-electron chi connectivity index (χ0n) is 16.1. The highest BCUT2D eigenvalue weighted by Gasteiger charge is 2.64. The highest BCUT2D eigenvalue weighted by atomic mass is 19.4. The van der Waals surface area contributed by atoms with Crippen molar-refractivity contribution in [1.29, 1.82) is 0 Å². The van der Waals surface area contributed by atoms with Gasteiger partial charge in [-0.1, -0.05) is 30.3 Å². The molecule has 2 amide bonds. The second-order valence-corrected chi connectivity index (χ2v) is 8.43. The van der Waals surface area contributed by atoms with Crippen LogP contribution in [0.2, 0.25) is 0 Å². The van der Waals surface area contributed by atoms with Crippen LogP contribution in [0.4, 0.5) is 24.5 Å². The van der Waals surface area contributed by atoms with E-state index in [2.05, 4.69) is 0 Å². The van der Waals surface area contributed by atoms with E-state index >= 15 is 0 Å². The molecule has 0 aromatic heterocycles. The van der Waals surface area contributed by atoms with E-state index < -0.39 is 46.0 Å². The summed E-state index contributed by atoms with van der Waals surface area (Å²) >= 11 is 0. The summed E-state index contributed by atoms with van der Waals surface area (Å²) < 4.78 is 40.1. The number of amides is 2. The van der Waals surface area contributed by atoms with E-state index in [4.69, 9.17) is 0 Å². The van der Waals surface area contributed by atoms with Crippen LogP contribution < -0.4 is 4.90 Å². The predicted molar refractivity (Wildman–Crippen MR) is 103 cm³/mol. The van der Waals surface area contributed by atoms with E-state index in [-0.39, 0.29) is 23.4 Å². The number of nitrogens with zero attached hydrogens (tertiary/aromatic N) is 2. The molecule has 31 heavy (non-hydrogen) atoms. The summed E-state index contributed by atoms with van der Waals surface area (Å²) in [5.41, 5.74) is -1.75. The Balaban J connectivity index is 1.51. The molecule has 2 aromatic carbocycles. The van der Waals surface area contributed by atoms with Crippen LogP contribution in [-0.4, -0.2) is 16.7 Å². The third kappa shape index (κ3) is 2.86. The monoisotopic (exact) mass is 430 g/mol. The summed E-state index contributed by atoms with van der Waals surface area (Å²) in [7, 11) is 0. The van der Waals surface area contributed by atoms with Crippen molar-refractivity contribution < 1.29 is 27.7 Å². The topological polar surface area (TPSA) is 80.5 Å². The average Bonchev–Trinajstić information content (AvgIpc) is 3.39. The van der Waals surface area contributed by atoms with Crippen molar-refractivity contribution in [2.45, 2.75) is 24.9 Å². The fourth-order valence-corrected chi connectivity index (χ4v) is 5.85. The molecule has 0 radical (unpaired) electrons. The van der Waals surface area contributed by atoms with E-state index in [1.165, 1.54) is 0 Å². The second kappa shape index (κ2) is 6.63. The molecular weight excluding hydrogens is 413 g/mol. The van der Waals surface area contributed by atoms with Gasteiger partial charge in [-0.25, -0.2) is 0 Å². The van der Waals surface area contributed by atoms with Gasteiger partial charge in [0.2, 0.25) is 11.8 Å². The Bertz CT molecular complexity index is 1100. The molecule has 0 spiro atoms. The van der Waals surface area contributed by atoms with Crippen molar-refractivity contribution in [2.75, 3.05) is 4.90 Å². The Labute approximate surface area is 174 Å². The minimum absolute atomic E-state index is 0.00166. The number of carbonyl (C=O) groups excluding carboxylic acids is 2. The lowest BCUT2D eigenvalue weighted by molar-refractivity contribution is -0.388. The number of carbonyl (C=O) groups is 2. The number of hydrogen-bond donors (Lipinski definition) is 0. The normalized spacial score (nSPS) is 29.5. The smallest absolute Gasteiger partial charge is 0.274 e. The van der Waals surface area contributed by atoms with Crippen molar-refractivity contribution in [3.05, 3.63) is 69.8 Å². The van der Waals surface area contributed by atoms with Crippen LogP contribution in [-0.2, 0) is 15.8 Å². The fourth-order valence-electron chi connectivity index (χ4n) is 5.85. The van der Waals surface area contributed by atoms with Crippen LogP contribution in [0.5, 0.6) is 0 Å². The molecule has 2 bridgehead atoms. The molecule has 1 heterocycles. The summed E-state index contributed by atoms with van der Waals surface area (Å²) in [6, 6.07) is 12.0. The molecule has 5 rings (SSSR count). The van der Waals surface area contributed by atoms with Crippen LogP contribution >= 0.6 is 0 Å². The SMILES string of the molecule is O=C1[C@@H]2[C@H]3C[C@@H]([C@@H]2C(=O)N1c1ccc([N+](=O)[O-])c(C(F)(F)F)c1)[C@H](c1ccccc1)C3. The maximum Gasteiger partial charge on any atom is 0.423 e. The molecule has 5 atom stereocenters. The molecule has 3 fully saturated rings. The van der Waals surface area contributed by atoms with Crippen LogP contribution in [0.15, 0.2) is 48.5 Å². The van der Waals surface area contributed by atoms with Gasteiger partial charge >= 0.3 is 6.18 Å². The van der Waals surface area contributed by atoms with Crippen LogP contribution in [0.25, 0.3) is 0 Å². The molecule has 3 aliphatic rings. The van der Waals surface area contributed by atoms with E-state index in [0.717, 1.165) is 29.4 Å². The Morgan fingerprint density at radius 2 is 1.65 bits per heavy atom. The van der Waals surface area contributed by atoms with Gasteiger partial charge < -0.3 is 0 Å². The number of rotatable bonds is 3. The largest absolute Gasteiger partial charge is 0.423 e. The molecule has 2 saturated carbocycles. The molecule has 160 valence electrons. The predicted octanol–water partition coefficient (Wildman–Crippen LogP) is 4.54. The maximum atomic E-state index is 13.4. The van der Waals surface area contributed by atoms with Gasteiger partial charge in [-0.05, 0) is 48.3 Å². The molecule has 6 nitrogen and oxygen atoms in total. The van der Waals surface area contributed by atoms with Crippen molar-refractivity contribution in [2.24, 2.45) is 23.7 Å². The van der Waals surface area contributed by atoms with E-state index in [0.29, 0.717) is 12.1 Å². The molecule has 1 saturated heterocycles. The first-order valence-electron chi connectivity index (χ1n) is 9.97. The van der Waals surface area contributed by atoms with Crippen LogP contribution in [0.3, 0.4) is 0 Å². The number of nitro benzene ring substituents is 1. The average molecular weight is 430 g/mol. The first-order valence-corrected chi connectivity index (χ1v) is 9.97. The first kappa shape index (κ1) is 19.7. The lowest BCUT2D eigenvalue weighted by Gasteiger charge is -2.28. The van der Waals surface area contributed by atoms with E-state index in [1.54, 1.807) is 0 Å². The lowest BCUT2D eigenvalue weighted by Crippen LogP contribution is -2.33. The number of halogens is 3. The molecule has 0 N–H and O–H groups in total. The Hall–Kier alpha value is -3.23. The zero-order valence-corrected chi connectivity index (χ0v) is 16.1. The Morgan fingerprint density at radius 3 is 2.29 bits per heavy atom. The van der Waals surface area contributed by atoms with Crippen LogP contribution in [0, 0.1) is 33.8 Å². The van der Waals surface area contributed by atoms with Gasteiger partial charge in [-0.2, -0.15) is 13.2 Å². The molecule has 9 heteroatoms. The summed E-state index contributed by atoms with van der Waals surface area (Å²) in [5, 5.41) is 11.0. The standard InChI is InChI=1S/C22H17F3N2O4/c23-22(24,25)16-10-13(6-7-17(16)27(30)31)26-20(28)18-12-8-14(11-4-2-1-3-5-11)15(9-12)19(18)21(26)29/h1-7,10,12,14-15,18-19H,8-9H2/t12-,14+,15-,18-,19+/m1/s1. The highest BCUT2D eigenvalue weighted by molar-refractivity contribution is 6.22. The fraction of sp³-hybridized carbons (Fsp3) is 0.364. The van der Waals surface area contributed by atoms with Gasteiger partial charge in [0.15, 0.2) is 0 Å². The zero-order chi connectivity index (χ0) is 22.1. The minimum atomic E-state index is -4.99. The summed E-state index contributed by atoms with van der Waals surface area (Å²) in [4.78, 5) is 37.0. The van der Waals surface area contributed by atoms with Gasteiger partial charge in [0, 0.05) is 6.07 Å². The Kier molecular flexibility index (Phi) is 4.22. The summed E-state index contributed by atoms with van der Waals surface area (Å²) in [6.07, 6.45) is -3.48. The minimum Gasteiger partial charge on any atom is -0.274 e. The van der Waals surface area contributed by atoms with Gasteiger partial charge in [0.1, 0.15) is 5.56 Å². The first-order chi connectivity index (χ1) is 14.7. The molecule has 1 aliphatic heterocycles. The molecular formula is C22H17F3N2O4. The number of imide groups is 1. The molecule has 0 unspecified atom stereocenters. The van der Waals surface area contributed by atoms with Crippen molar-refractivity contribution in [3.8, 4) is 0 Å². The highest BCUT2D eigenvalue weighted by Crippen LogP contribution is 2.62. The van der Waals surface area contributed by atoms with Gasteiger partial charge in [-0.3, -0.25) is 24.6 Å². The van der Waals surface area contributed by atoms with Gasteiger partial charge in [0.25, 0.3) is 5.69 Å². The number of nitro groups is 1. The van der Waals surface area contributed by atoms with Crippen molar-refractivity contribution in [1.82, 2.24) is 0 Å². The quantitative estimate of drug-likeness (QED) is 0.407. The number of alkyl halides is 3. The Morgan fingerprint density at radius 1 is 0.968 bits per heavy atom. The van der Waals surface area contributed by atoms with Crippen molar-refractivity contribution >= 4 is 23.2 Å². The van der Waals surface area contributed by atoms with Gasteiger partial charge in [-0.15, -0.1) is 0 Å². The maximum absolute atomic E-state index is 13.4. The second-order valence-electron chi connectivity index (χ2n) is 8.43. The lowest BCUT2D eigenvalue weighted by atomic mass is 9.73. The van der Waals surface area contributed by atoms with E-state index in [1.807, 2.05) is 30.3 Å². The number of anilines is 1. The van der Waals surface area contributed by atoms with E-state index in [9.17, 15) is 32.9 Å². The summed E-state index contributed by atoms with van der Waals surface area (Å²) in [6.45, 7) is 0. The third-order valence-electron chi connectivity index (χ3n) is 6.98. The van der Waals surface area contributed by atoms with Crippen molar-refractivity contribution in [3.63, 3.8) is 0 Å².